The highest BCUT2D eigenvalue weighted by atomic mass is 16.6. The molecule has 0 rings (SSSR count). The molecule has 0 aliphatic heterocycles. The van der Waals surface area contributed by atoms with Gasteiger partial charge in [-0.1, -0.05) is 289 Å². The van der Waals surface area contributed by atoms with E-state index in [0.29, 0.717) is 19.3 Å². The van der Waals surface area contributed by atoms with Crippen LogP contribution < -0.4 is 0 Å². The summed E-state index contributed by atoms with van der Waals surface area (Å²) in [5.74, 6) is -0.974. The predicted octanol–water partition coefficient (Wildman–Crippen LogP) is 22.3. The highest BCUT2D eigenvalue weighted by Crippen LogP contribution is 2.15. The van der Waals surface area contributed by atoms with Crippen molar-refractivity contribution in [2.75, 3.05) is 13.2 Å². The number of ether oxygens (including phenoxy) is 3. The molecular weight excluding hydrogens is 973 g/mol. The highest BCUT2D eigenvalue weighted by Gasteiger charge is 2.19. The molecule has 0 amide bonds. The van der Waals surface area contributed by atoms with Crippen molar-refractivity contribution in [3.05, 3.63) is 146 Å². The lowest BCUT2D eigenvalue weighted by atomic mass is 10.0. The summed E-state index contributed by atoms with van der Waals surface area (Å²) in [5, 5.41) is 0. The normalized spacial score (nSPS) is 13.1. The van der Waals surface area contributed by atoms with Crippen LogP contribution in [-0.2, 0) is 28.6 Å². The average Bonchev–Trinajstić information content (AvgIpc) is 3.45. The van der Waals surface area contributed by atoms with E-state index in [2.05, 4.69) is 167 Å². The zero-order chi connectivity index (χ0) is 57.1. The smallest absolute Gasteiger partial charge is 0.306 e. The summed E-state index contributed by atoms with van der Waals surface area (Å²) in [4.78, 5) is 38.3. The van der Waals surface area contributed by atoms with Crippen LogP contribution in [0.3, 0.4) is 0 Å². The molecule has 1 atom stereocenters. The fourth-order valence-corrected chi connectivity index (χ4v) is 8.58. The summed E-state index contributed by atoms with van der Waals surface area (Å²) < 4.78 is 16.9. The molecule has 6 heteroatoms. The van der Waals surface area contributed by atoms with E-state index in [4.69, 9.17) is 14.2 Å². The molecule has 1 unspecified atom stereocenters. The fraction of sp³-hybridized carbons (Fsp3) is 0.630. The molecule has 0 aliphatic carbocycles. The Bertz CT molecular complexity index is 1730. The van der Waals surface area contributed by atoms with E-state index < -0.39 is 6.10 Å². The molecular formula is C73H118O6. The minimum absolute atomic E-state index is 0.104. The number of esters is 3. The first-order valence-electron chi connectivity index (χ1n) is 32.3. The van der Waals surface area contributed by atoms with E-state index in [0.717, 1.165) is 135 Å². The van der Waals surface area contributed by atoms with Crippen LogP contribution in [0.15, 0.2) is 146 Å². The Hall–Kier alpha value is -4.71. The van der Waals surface area contributed by atoms with E-state index in [-0.39, 0.29) is 37.5 Å². The number of hydrogen-bond donors (Lipinski definition) is 0. The van der Waals surface area contributed by atoms with Gasteiger partial charge in [0.15, 0.2) is 6.10 Å². The summed E-state index contributed by atoms with van der Waals surface area (Å²) >= 11 is 0. The van der Waals surface area contributed by atoms with Gasteiger partial charge >= 0.3 is 17.9 Å². The van der Waals surface area contributed by atoms with Gasteiger partial charge < -0.3 is 14.2 Å². The molecule has 0 aromatic rings. The van der Waals surface area contributed by atoms with Crippen molar-refractivity contribution in [3.8, 4) is 0 Å². The third-order valence-electron chi connectivity index (χ3n) is 13.3. The highest BCUT2D eigenvalue weighted by molar-refractivity contribution is 5.71. The van der Waals surface area contributed by atoms with E-state index in [1.54, 1.807) is 0 Å². The lowest BCUT2D eigenvalue weighted by molar-refractivity contribution is -0.167. The molecule has 0 fully saturated rings. The van der Waals surface area contributed by atoms with E-state index in [9.17, 15) is 14.4 Å². The van der Waals surface area contributed by atoms with E-state index in [1.807, 2.05) is 0 Å². The molecule has 0 radical (unpaired) electrons. The van der Waals surface area contributed by atoms with Crippen molar-refractivity contribution in [3.63, 3.8) is 0 Å². The average molecular weight is 1090 g/mol. The van der Waals surface area contributed by atoms with Crippen molar-refractivity contribution in [2.24, 2.45) is 0 Å². The maximum atomic E-state index is 12.9. The second-order valence-electron chi connectivity index (χ2n) is 20.9. The molecule has 0 saturated heterocycles. The Morgan fingerprint density at radius 3 is 0.823 bits per heavy atom. The van der Waals surface area contributed by atoms with Crippen molar-refractivity contribution >= 4 is 17.9 Å². The fourth-order valence-electron chi connectivity index (χ4n) is 8.58. The third kappa shape index (κ3) is 64.0. The molecule has 0 aromatic carbocycles. The molecule has 0 heterocycles. The second kappa shape index (κ2) is 65.8. The molecule has 0 spiro atoms. The summed E-state index contributed by atoms with van der Waals surface area (Å²) in [6, 6.07) is 0. The summed E-state index contributed by atoms with van der Waals surface area (Å²) in [6.07, 6.45) is 94.2. The van der Waals surface area contributed by atoms with Gasteiger partial charge in [-0.2, -0.15) is 0 Å². The van der Waals surface area contributed by atoms with Crippen LogP contribution in [0.2, 0.25) is 0 Å². The SMILES string of the molecule is CC/C=C\C/C=C\C/C=C\C/C=C\C/C=C\C/C=C\C/C=C\CCCC(=O)OCC(COC(=O)CCCCCCCCCCCCCCCCC)OC(=O)CCCCCCCCC/C=C\C/C=C\C/C=C\C/C=C\C/C=C\CC. The van der Waals surface area contributed by atoms with Crippen LogP contribution in [0.25, 0.3) is 0 Å². The van der Waals surface area contributed by atoms with Crippen LogP contribution >= 0.6 is 0 Å². The number of unbranched alkanes of at least 4 members (excludes halogenated alkanes) is 22. The Kier molecular flexibility index (Phi) is 61.9. The van der Waals surface area contributed by atoms with Gasteiger partial charge in [0.25, 0.3) is 0 Å². The second-order valence-corrected chi connectivity index (χ2v) is 20.9. The molecule has 446 valence electrons. The molecule has 79 heavy (non-hydrogen) atoms. The molecule has 0 aliphatic rings. The van der Waals surface area contributed by atoms with Crippen molar-refractivity contribution < 1.29 is 28.6 Å². The van der Waals surface area contributed by atoms with Crippen molar-refractivity contribution in [1.29, 1.82) is 0 Å². The number of hydrogen-bond acceptors (Lipinski definition) is 6. The first kappa shape index (κ1) is 74.3. The molecule has 6 nitrogen and oxygen atoms in total. The largest absolute Gasteiger partial charge is 0.462 e. The monoisotopic (exact) mass is 1090 g/mol. The van der Waals surface area contributed by atoms with Crippen LogP contribution in [0.4, 0.5) is 0 Å². The Balaban J connectivity index is 4.51. The molecule has 0 aromatic heterocycles. The number of carbonyl (C=O) groups is 3. The van der Waals surface area contributed by atoms with Gasteiger partial charge in [-0.3, -0.25) is 14.4 Å². The zero-order valence-corrected chi connectivity index (χ0v) is 51.1. The van der Waals surface area contributed by atoms with Crippen LogP contribution in [0.1, 0.15) is 278 Å². The van der Waals surface area contributed by atoms with Crippen molar-refractivity contribution in [1.82, 2.24) is 0 Å². The maximum absolute atomic E-state index is 12.9. The van der Waals surface area contributed by atoms with Crippen molar-refractivity contribution in [2.45, 2.75) is 284 Å². The Morgan fingerprint density at radius 2 is 0.506 bits per heavy atom. The quantitative estimate of drug-likeness (QED) is 0.0261. The van der Waals surface area contributed by atoms with E-state index >= 15 is 0 Å². The maximum Gasteiger partial charge on any atom is 0.306 e. The van der Waals surface area contributed by atoms with Gasteiger partial charge in [0.2, 0.25) is 0 Å². The lowest BCUT2D eigenvalue weighted by Crippen LogP contribution is -2.30. The summed E-state index contributed by atoms with van der Waals surface area (Å²) in [6.45, 7) is 6.37. The summed E-state index contributed by atoms with van der Waals surface area (Å²) in [5.41, 5.74) is 0. The Morgan fingerprint density at radius 1 is 0.266 bits per heavy atom. The van der Waals surface area contributed by atoms with Gasteiger partial charge in [0, 0.05) is 19.3 Å². The van der Waals surface area contributed by atoms with Crippen LogP contribution in [-0.4, -0.2) is 37.2 Å². The number of rotatable bonds is 57. The van der Waals surface area contributed by atoms with Gasteiger partial charge in [0.05, 0.1) is 0 Å². The third-order valence-corrected chi connectivity index (χ3v) is 13.3. The van der Waals surface area contributed by atoms with E-state index in [1.165, 1.54) is 96.3 Å². The first-order chi connectivity index (χ1) is 39.0. The minimum Gasteiger partial charge on any atom is -0.462 e. The first-order valence-corrected chi connectivity index (χ1v) is 32.3. The van der Waals surface area contributed by atoms with Gasteiger partial charge in [-0.15, -0.1) is 0 Å². The standard InChI is InChI=1S/C73H118O6/c1-4-7-10-13-16-19-22-25-28-30-32-34-36-38-40-42-45-48-51-54-57-60-63-66-72(75)78-69-70(68-77-71(74)65-62-59-56-53-50-47-44-27-24-21-18-15-12-9-6-3)79-73(76)67-64-61-58-55-52-49-46-43-41-39-37-35-33-31-29-26-23-20-17-14-11-8-5-2/h7-8,10-11,16-17,19-20,25-26,28-29,32-35,38-41,45,48,54,57,70H,4-6,9,12-15,18,21-24,27,30-31,36-37,42-44,46-47,49-53,55-56,58-69H2,1-3H3/b10-7-,11-8-,19-16-,20-17-,28-25-,29-26-,34-32-,35-33-,40-38-,41-39-,48-45-,57-54-. The molecule has 0 N–H and O–H groups in total. The predicted molar refractivity (Wildman–Crippen MR) is 343 cm³/mol. The minimum atomic E-state index is -0.814. The van der Waals surface area contributed by atoms with Crippen LogP contribution in [0.5, 0.6) is 0 Å². The lowest BCUT2D eigenvalue weighted by Gasteiger charge is -2.18. The Labute approximate surface area is 487 Å². The van der Waals surface area contributed by atoms with Crippen LogP contribution in [0, 0.1) is 0 Å². The number of carbonyl (C=O) groups excluding carboxylic acids is 3. The van der Waals surface area contributed by atoms with Gasteiger partial charge in [-0.05, 0) is 116 Å². The molecule has 0 saturated carbocycles. The summed E-state index contributed by atoms with van der Waals surface area (Å²) in [7, 11) is 0. The number of allylic oxidation sites excluding steroid dienone is 24. The molecule has 0 bridgehead atoms. The zero-order valence-electron chi connectivity index (χ0n) is 51.1. The van der Waals surface area contributed by atoms with Gasteiger partial charge in [-0.25, -0.2) is 0 Å². The topological polar surface area (TPSA) is 78.9 Å². The van der Waals surface area contributed by atoms with Gasteiger partial charge in [0.1, 0.15) is 13.2 Å².